The van der Waals surface area contributed by atoms with E-state index in [1.54, 1.807) is 0 Å². The standard InChI is InChI=1S/C13H21F3O3S/c1-3-5-11-6-4-7-12(11)9-8-10(2)19-20(17,18)13(14,15)16/h8,11-12H,3-7,9H2,1-2H3/b10-8+. The number of allylic oxidation sites excluding steroid dienone is 2. The van der Waals surface area contributed by atoms with Crippen molar-refractivity contribution in [2.75, 3.05) is 0 Å². The number of hydrogen-bond acceptors (Lipinski definition) is 3. The van der Waals surface area contributed by atoms with E-state index in [0.29, 0.717) is 18.3 Å². The Bertz CT molecular complexity index is 440. The van der Waals surface area contributed by atoms with Crippen molar-refractivity contribution in [3.05, 3.63) is 11.8 Å². The summed E-state index contributed by atoms with van der Waals surface area (Å²) < 4.78 is 62.2. The maximum Gasteiger partial charge on any atom is 0.534 e. The van der Waals surface area contributed by atoms with Gasteiger partial charge in [-0.2, -0.15) is 21.6 Å². The molecular weight excluding hydrogens is 293 g/mol. The van der Waals surface area contributed by atoms with Crippen molar-refractivity contribution in [3.8, 4) is 0 Å². The summed E-state index contributed by atoms with van der Waals surface area (Å²) in [6.07, 6.45) is 7.55. The van der Waals surface area contributed by atoms with Crippen LogP contribution in [0.2, 0.25) is 0 Å². The topological polar surface area (TPSA) is 43.4 Å². The lowest BCUT2D eigenvalue weighted by Gasteiger charge is -2.17. The van der Waals surface area contributed by atoms with Gasteiger partial charge in [0.2, 0.25) is 0 Å². The van der Waals surface area contributed by atoms with Crippen molar-refractivity contribution in [1.29, 1.82) is 0 Å². The fourth-order valence-electron chi connectivity index (χ4n) is 2.75. The zero-order chi connectivity index (χ0) is 15.4. The molecule has 1 fully saturated rings. The van der Waals surface area contributed by atoms with Gasteiger partial charge in [-0.05, 0) is 37.7 Å². The van der Waals surface area contributed by atoms with E-state index in [1.807, 2.05) is 0 Å². The molecule has 1 saturated carbocycles. The fraction of sp³-hybridized carbons (Fsp3) is 0.846. The van der Waals surface area contributed by atoms with Gasteiger partial charge in [0.25, 0.3) is 0 Å². The van der Waals surface area contributed by atoms with Crippen LogP contribution < -0.4 is 0 Å². The van der Waals surface area contributed by atoms with Gasteiger partial charge in [0.15, 0.2) is 0 Å². The predicted octanol–water partition coefficient (Wildman–Crippen LogP) is 4.36. The smallest absolute Gasteiger partial charge is 0.381 e. The van der Waals surface area contributed by atoms with Crippen LogP contribution in [0.1, 0.15) is 52.4 Å². The summed E-state index contributed by atoms with van der Waals surface area (Å²) in [5.74, 6) is 0.801. The maximum absolute atomic E-state index is 12.2. The molecule has 1 aliphatic carbocycles. The molecule has 0 spiro atoms. The minimum atomic E-state index is -5.53. The van der Waals surface area contributed by atoms with Crippen molar-refractivity contribution in [3.63, 3.8) is 0 Å². The van der Waals surface area contributed by atoms with Gasteiger partial charge in [-0.15, -0.1) is 0 Å². The van der Waals surface area contributed by atoms with Crippen LogP contribution in [0.5, 0.6) is 0 Å². The van der Waals surface area contributed by atoms with Gasteiger partial charge >= 0.3 is 15.6 Å². The SMILES string of the molecule is CCCC1CCCC1C/C=C(\C)OS(=O)(=O)C(F)(F)F. The second-order valence-corrected chi connectivity index (χ2v) is 6.81. The number of rotatable bonds is 6. The van der Waals surface area contributed by atoms with Gasteiger partial charge in [0, 0.05) is 0 Å². The van der Waals surface area contributed by atoms with Crippen LogP contribution in [0.25, 0.3) is 0 Å². The minimum absolute atomic E-state index is 0.204. The summed E-state index contributed by atoms with van der Waals surface area (Å²) in [6, 6.07) is 0. The molecular formula is C13H21F3O3S. The van der Waals surface area contributed by atoms with Gasteiger partial charge in [0.1, 0.15) is 5.76 Å². The van der Waals surface area contributed by atoms with Gasteiger partial charge in [-0.3, -0.25) is 0 Å². The Morgan fingerprint density at radius 3 is 2.45 bits per heavy atom. The Labute approximate surface area is 118 Å². The monoisotopic (exact) mass is 314 g/mol. The average Bonchev–Trinajstić information content (AvgIpc) is 2.72. The van der Waals surface area contributed by atoms with E-state index < -0.39 is 15.6 Å². The Kier molecular flexibility index (Phi) is 5.91. The highest BCUT2D eigenvalue weighted by Gasteiger charge is 2.48. The van der Waals surface area contributed by atoms with Gasteiger partial charge in [-0.25, -0.2) is 0 Å². The van der Waals surface area contributed by atoms with E-state index in [4.69, 9.17) is 0 Å². The molecule has 0 heterocycles. The molecule has 0 bridgehead atoms. The average molecular weight is 314 g/mol. The Morgan fingerprint density at radius 1 is 1.30 bits per heavy atom. The molecule has 0 radical (unpaired) electrons. The molecule has 0 aromatic carbocycles. The number of hydrogen-bond donors (Lipinski definition) is 0. The first-order chi connectivity index (χ1) is 9.17. The van der Waals surface area contributed by atoms with E-state index in [2.05, 4.69) is 11.1 Å². The van der Waals surface area contributed by atoms with Gasteiger partial charge < -0.3 is 4.18 Å². The first kappa shape index (κ1) is 17.3. The second kappa shape index (κ2) is 6.83. The van der Waals surface area contributed by atoms with Crippen molar-refractivity contribution in [1.82, 2.24) is 0 Å². The molecule has 20 heavy (non-hydrogen) atoms. The molecule has 0 N–H and O–H groups in total. The molecule has 0 amide bonds. The zero-order valence-corrected chi connectivity index (χ0v) is 12.6. The Morgan fingerprint density at radius 2 is 1.90 bits per heavy atom. The van der Waals surface area contributed by atoms with E-state index >= 15 is 0 Å². The molecule has 2 unspecified atom stereocenters. The van der Waals surface area contributed by atoms with E-state index in [1.165, 1.54) is 13.0 Å². The number of alkyl halides is 3. The van der Waals surface area contributed by atoms with Crippen LogP contribution in [0, 0.1) is 11.8 Å². The summed E-state index contributed by atoms with van der Waals surface area (Å²) in [5, 5.41) is 0. The van der Waals surface area contributed by atoms with Crippen molar-refractivity contribution in [2.45, 2.75) is 57.9 Å². The fourth-order valence-corrected chi connectivity index (χ4v) is 3.26. The van der Waals surface area contributed by atoms with Crippen LogP contribution in [0.3, 0.4) is 0 Å². The zero-order valence-electron chi connectivity index (χ0n) is 11.7. The van der Waals surface area contributed by atoms with Gasteiger partial charge in [-0.1, -0.05) is 32.6 Å². The highest BCUT2D eigenvalue weighted by atomic mass is 32.2. The third-order valence-electron chi connectivity index (χ3n) is 3.71. The Balaban J connectivity index is 2.58. The largest absolute Gasteiger partial charge is 0.534 e. The van der Waals surface area contributed by atoms with Crippen LogP contribution in [0.15, 0.2) is 11.8 Å². The van der Waals surface area contributed by atoms with E-state index in [9.17, 15) is 21.6 Å². The third kappa shape index (κ3) is 4.68. The lowest BCUT2D eigenvalue weighted by molar-refractivity contribution is -0.0521. The van der Waals surface area contributed by atoms with Crippen LogP contribution in [-0.4, -0.2) is 13.9 Å². The summed E-state index contributed by atoms with van der Waals surface area (Å²) in [5.41, 5.74) is -5.37. The molecule has 1 aliphatic rings. The first-order valence-electron chi connectivity index (χ1n) is 6.85. The van der Waals surface area contributed by atoms with Crippen LogP contribution >= 0.6 is 0 Å². The molecule has 2 atom stereocenters. The van der Waals surface area contributed by atoms with E-state index in [-0.39, 0.29) is 5.76 Å². The molecule has 0 aromatic heterocycles. The lowest BCUT2D eigenvalue weighted by Crippen LogP contribution is -2.25. The molecule has 0 saturated heterocycles. The predicted molar refractivity (Wildman–Crippen MR) is 70.2 cm³/mol. The second-order valence-electron chi connectivity index (χ2n) is 5.27. The third-order valence-corrected chi connectivity index (χ3v) is 4.76. The molecule has 0 aliphatic heterocycles. The van der Waals surface area contributed by atoms with Gasteiger partial charge in [0.05, 0.1) is 0 Å². The van der Waals surface area contributed by atoms with Crippen molar-refractivity contribution in [2.24, 2.45) is 11.8 Å². The molecule has 1 rings (SSSR count). The summed E-state index contributed by atoms with van der Waals surface area (Å²) in [7, 11) is -5.53. The summed E-state index contributed by atoms with van der Waals surface area (Å²) in [4.78, 5) is 0. The van der Waals surface area contributed by atoms with Crippen LogP contribution in [0.4, 0.5) is 13.2 Å². The number of halogens is 3. The summed E-state index contributed by atoms with van der Waals surface area (Å²) >= 11 is 0. The summed E-state index contributed by atoms with van der Waals surface area (Å²) in [6.45, 7) is 3.35. The molecule has 0 aromatic rings. The van der Waals surface area contributed by atoms with Crippen molar-refractivity contribution >= 4 is 10.1 Å². The van der Waals surface area contributed by atoms with E-state index in [0.717, 1.165) is 32.1 Å². The minimum Gasteiger partial charge on any atom is -0.381 e. The molecule has 3 nitrogen and oxygen atoms in total. The highest BCUT2D eigenvalue weighted by molar-refractivity contribution is 7.87. The lowest BCUT2D eigenvalue weighted by atomic mass is 9.89. The molecule has 7 heteroatoms. The Hall–Kier alpha value is -0.720. The first-order valence-corrected chi connectivity index (χ1v) is 8.25. The maximum atomic E-state index is 12.2. The van der Waals surface area contributed by atoms with Crippen LogP contribution in [-0.2, 0) is 14.3 Å². The van der Waals surface area contributed by atoms with Crippen molar-refractivity contribution < 1.29 is 25.8 Å². The quantitative estimate of drug-likeness (QED) is 0.415. The normalized spacial score (nSPS) is 24.9. The molecule has 118 valence electrons. The highest BCUT2D eigenvalue weighted by Crippen LogP contribution is 2.37.